The second-order valence-corrected chi connectivity index (χ2v) is 6.78. The average molecular weight is 320 g/mol. The van der Waals surface area contributed by atoms with Gasteiger partial charge in [0.25, 0.3) is 0 Å². The van der Waals surface area contributed by atoms with Crippen LogP contribution in [0.2, 0.25) is 0 Å². The van der Waals surface area contributed by atoms with Gasteiger partial charge in [0.05, 0.1) is 10.5 Å². The van der Waals surface area contributed by atoms with E-state index in [-0.39, 0.29) is 16.5 Å². The molecular weight excluding hydrogens is 304 g/mol. The van der Waals surface area contributed by atoms with Crippen LogP contribution in [0.4, 0.5) is 0 Å². The number of hydrogen-bond donors (Lipinski definition) is 2. The highest BCUT2D eigenvalue weighted by Gasteiger charge is 2.19. The minimum absolute atomic E-state index is 0.0760. The molecule has 2 rings (SSSR count). The summed E-state index contributed by atoms with van der Waals surface area (Å²) in [6, 6.07) is 7.12. The van der Waals surface area contributed by atoms with Crippen molar-refractivity contribution >= 4 is 16.0 Å². The highest BCUT2D eigenvalue weighted by molar-refractivity contribution is 7.89. The number of aromatic carboxylic acids is 1. The highest BCUT2D eigenvalue weighted by atomic mass is 32.2. The minimum Gasteiger partial charge on any atom is -0.478 e. The molecule has 0 saturated heterocycles. The summed E-state index contributed by atoms with van der Waals surface area (Å²) >= 11 is 0. The van der Waals surface area contributed by atoms with Crippen molar-refractivity contribution in [3.8, 4) is 11.1 Å². The zero-order valence-electron chi connectivity index (χ0n) is 12.1. The van der Waals surface area contributed by atoms with Crippen LogP contribution in [0.3, 0.4) is 0 Å². The summed E-state index contributed by atoms with van der Waals surface area (Å²) in [5, 5.41) is 9.20. The number of aromatic nitrogens is 1. The van der Waals surface area contributed by atoms with Gasteiger partial charge >= 0.3 is 5.97 Å². The highest BCUT2D eigenvalue weighted by Crippen LogP contribution is 2.24. The summed E-state index contributed by atoms with van der Waals surface area (Å²) < 4.78 is 27.0. The van der Waals surface area contributed by atoms with Crippen molar-refractivity contribution in [3.63, 3.8) is 0 Å². The van der Waals surface area contributed by atoms with Gasteiger partial charge in [-0.15, -0.1) is 0 Å². The first kappa shape index (κ1) is 16.1. The van der Waals surface area contributed by atoms with Crippen LogP contribution in [-0.2, 0) is 10.0 Å². The predicted octanol–water partition coefficient (Wildman–Crippen LogP) is 2.13. The van der Waals surface area contributed by atoms with E-state index in [9.17, 15) is 18.3 Å². The first-order chi connectivity index (χ1) is 10.3. The van der Waals surface area contributed by atoms with Gasteiger partial charge in [-0.2, -0.15) is 0 Å². The Morgan fingerprint density at radius 1 is 1.14 bits per heavy atom. The largest absolute Gasteiger partial charge is 0.478 e. The SMILES string of the molecule is CC(C)NS(=O)(=O)c1cc(C(=O)O)cc(-c2ccncc2)c1. The molecule has 22 heavy (non-hydrogen) atoms. The third-order valence-electron chi connectivity index (χ3n) is 2.87. The molecule has 0 aliphatic heterocycles. The van der Waals surface area contributed by atoms with E-state index >= 15 is 0 Å². The third kappa shape index (κ3) is 3.69. The summed E-state index contributed by atoms with van der Waals surface area (Å²) in [5.41, 5.74) is 1.11. The maximum Gasteiger partial charge on any atom is 0.335 e. The molecule has 1 aromatic heterocycles. The van der Waals surface area contributed by atoms with Gasteiger partial charge in [0.15, 0.2) is 0 Å². The number of carbonyl (C=O) groups is 1. The number of nitrogens with zero attached hydrogens (tertiary/aromatic N) is 1. The van der Waals surface area contributed by atoms with E-state index in [4.69, 9.17) is 0 Å². The number of sulfonamides is 1. The van der Waals surface area contributed by atoms with Gasteiger partial charge in [-0.25, -0.2) is 17.9 Å². The standard InChI is InChI=1S/C15H16N2O4S/c1-10(2)17-22(20,21)14-8-12(7-13(9-14)15(18)19)11-3-5-16-6-4-11/h3-10,17H,1-2H3,(H,18,19). The Balaban J connectivity index is 2.61. The fourth-order valence-corrected chi connectivity index (χ4v) is 3.29. The van der Waals surface area contributed by atoms with Crippen LogP contribution < -0.4 is 4.72 Å². The van der Waals surface area contributed by atoms with Gasteiger partial charge in [0.2, 0.25) is 10.0 Å². The summed E-state index contributed by atoms with van der Waals surface area (Å²) in [5.74, 6) is -1.18. The van der Waals surface area contributed by atoms with Crippen LogP contribution in [0.25, 0.3) is 11.1 Å². The summed E-state index contributed by atoms with van der Waals surface area (Å²) in [7, 11) is -3.78. The molecule has 0 unspecified atom stereocenters. The van der Waals surface area contributed by atoms with E-state index in [1.807, 2.05) is 0 Å². The Morgan fingerprint density at radius 3 is 2.32 bits per heavy atom. The lowest BCUT2D eigenvalue weighted by Crippen LogP contribution is -2.30. The summed E-state index contributed by atoms with van der Waals surface area (Å²) in [6.45, 7) is 3.39. The third-order valence-corrected chi connectivity index (χ3v) is 4.51. The molecule has 0 fully saturated rings. The van der Waals surface area contributed by atoms with Gasteiger partial charge < -0.3 is 5.11 Å². The fourth-order valence-electron chi connectivity index (χ4n) is 1.97. The lowest BCUT2D eigenvalue weighted by molar-refractivity contribution is 0.0696. The molecule has 2 aromatic rings. The molecular formula is C15H16N2O4S. The van der Waals surface area contributed by atoms with Crippen molar-refractivity contribution in [2.75, 3.05) is 0 Å². The predicted molar refractivity (Wildman–Crippen MR) is 82.1 cm³/mol. The molecule has 0 aliphatic rings. The first-order valence-electron chi connectivity index (χ1n) is 6.61. The lowest BCUT2D eigenvalue weighted by atomic mass is 10.0. The van der Waals surface area contributed by atoms with Crippen LogP contribution in [0.5, 0.6) is 0 Å². The Labute approximate surface area is 128 Å². The van der Waals surface area contributed by atoms with Crippen LogP contribution in [0, 0.1) is 0 Å². The number of nitrogens with one attached hydrogen (secondary N) is 1. The molecule has 6 nitrogen and oxygen atoms in total. The van der Waals surface area contributed by atoms with Gasteiger partial charge in [-0.1, -0.05) is 0 Å². The Kier molecular flexibility index (Phi) is 4.58. The maximum absolute atomic E-state index is 12.3. The number of benzene rings is 1. The molecule has 0 saturated carbocycles. The Bertz CT molecular complexity index is 786. The zero-order chi connectivity index (χ0) is 16.3. The second-order valence-electron chi connectivity index (χ2n) is 5.06. The molecule has 0 atom stereocenters. The van der Waals surface area contributed by atoms with E-state index in [0.717, 1.165) is 6.07 Å². The van der Waals surface area contributed by atoms with E-state index < -0.39 is 16.0 Å². The molecule has 0 bridgehead atoms. The topological polar surface area (TPSA) is 96.4 Å². The van der Waals surface area contributed by atoms with Crippen molar-refractivity contribution in [1.82, 2.24) is 9.71 Å². The summed E-state index contributed by atoms with van der Waals surface area (Å²) in [6.07, 6.45) is 3.12. The Hall–Kier alpha value is -2.25. The quantitative estimate of drug-likeness (QED) is 0.880. The molecule has 2 N–H and O–H groups in total. The van der Waals surface area contributed by atoms with E-state index in [1.54, 1.807) is 38.4 Å². The zero-order valence-corrected chi connectivity index (χ0v) is 13.0. The van der Waals surface area contributed by atoms with Crippen LogP contribution in [0.1, 0.15) is 24.2 Å². The molecule has 0 radical (unpaired) electrons. The van der Waals surface area contributed by atoms with Gasteiger partial charge in [-0.3, -0.25) is 4.98 Å². The number of pyridine rings is 1. The van der Waals surface area contributed by atoms with Gasteiger partial charge in [0.1, 0.15) is 0 Å². The van der Waals surface area contributed by atoms with Crippen molar-refractivity contribution < 1.29 is 18.3 Å². The minimum atomic E-state index is -3.78. The van der Waals surface area contributed by atoms with E-state index in [2.05, 4.69) is 9.71 Å². The van der Waals surface area contributed by atoms with Crippen molar-refractivity contribution in [1.29, 1.82) is 0 Å². The Morgan fingerprint density at radius 2 is 1.77 bits per heavy atom. The number of hydrogen-bond acceptors (Lipinski definition) is 4. The molecule has 1 aromatic carbocycles. The number of rotatable bonds is 5. The molecule has 7 heteroatoms. The van der Waals surface area contributed by atoms with Crippen LogP contribution in [-0.4, -0.2) is 30.5 Å². The van der Waals surface area contributed by atoms with Gasteiger partial charge in [-0.05, 0) is 55.3 Å². The van der Waals surface area contributed by atoms with E-state index in [1.165, 1.54) is 12.1 Å². The molecule has 1 heterocycles. The fraction of sp³-hybridized carbons (Fsp3) is 0.200. The van der Waals surface area contributed by atoms with Crippen LogP contribution in [0.15, 0.2) is 47.6 Å². The smallest absolute Gasteiger partial charge is 0.335 e. The molecule has 0 aliphatic carbocycles. The lowest BCUT2D eigenvalue weighted by Gasteiger charge is -2.12. The molecule has 0 spiro atoms. The summed E-state index contributed by atoms with van der Waals surface area (Å²) in [4.78, 5) is 15.1. The second kappa shape index (κ2) is 6.25. The normalized spacial score (nSPS) is 11.6. The average Bonchev–Trinajstić information content (AvgIpc) is 2.46. The first-order valence-corrected chi connectivity index (χ1v) is 8.09. The molecule has 0 amide bonds. The van der Waals surface area contributed by atoms with Crippen molar-refractivity contribution in [3.05, 3.63) is 48.3 Å². The van der Waals surface area contributed by atoms with Crippen molar-refractivity contribution in [2.24, 2.45) is 0 Å². The van der Waals surface area contributed by atoms with E-state index in [0.29, 0.717) is 11.1 Å². The van der Waals surface area contributed by atoms with Crippen molar-refractivity contribution in [2.45, 2.75) is 24.8 Å². The maximum atomic E-state index is 12.3. The molecule has 116 valence electrons. The monoisotopic (exact) mass is 320 g/mol. The number of carboxylic acids is 1. The number of carboxylic acid groups (broad SMARTS) is 1. The van der Waals surface area contributed by atoms with Crippen LogP contribution >= 0.6 is 0 Å². The van der Waals surface area contributed by atoms with Gasteiger partial charge in [0, 0.05) is 18.4 Å².